The Morgan fingerprint density at radius 3 is 2.50 bits per heavy atom. The van der Waals surface area contributed by atoms with Crippen molar-refractivity contribution < 1.29 is 9.47 Å². The van der Waals surface area contributed by atoms with Crippen molar-refractivity contribution in [3.63, 3.8) is 0 Å². The number of halogens is 1. The lowest BCUT2D eigenvalue weighted by Gasteiger charge is -2.11. The third-order valence-electron chi connectivity index (χ3n) is 3.73. The van der Waals surface area contributed by atoms with Crippen LogP contribution in [-0.4, -0.2) is 29.3 Å². The summed E-state index contributed by atoms with van der Waals surface area (Å²) in [5.41, 5.74) is 1.84. The Morgan fingerprint density at radius 2 is 1.77 bits per heavy atom. The lowest BCUT2D eigenvalue weighted by molar-refractivity contribution is 0.263. The quantitative estimate of drug-likeness (QED) is 0.556. The summed E-state index contributed by atoms with van der Waals surface area (Å²) in [5.74, 6) is 2.01. The molecule has 1 atom stereocenters. The molecule has 3 aromatic rings. The van der Waals surface area contributed by atoms with Crippen LogP contribution in [0.2, 0.25) is 0 Å². The van der Waals surface area contributed by atoms with Crippen LogP contribution in [0.5, 0.6) is 5.75 Å². The van der Waals surface area contributed by atoms with Crippen LogP contribution in [0.15, 0.2) is 65.3 Å². The smallest absolute Gasteiger partial charge is 0.229 e. The molecule has 0 spiro atoms. The molecule has 1 fully saturated rings. The van der Waals surface area contributed by atoms with Crippen molar-refractivity contribution in [2.75, 3.05) is 23.8 Å². The predicted molar refractivity (Wildman–Crippen MR) is 104 cm³/mol. The first-order valence-corrected chi connectivity index (χ1v) is 9.02. The maximum atomic E-state index is 5.64. The molecule has 0 saturated carbocycles. The Bertz CT molecular complexity index is 870. The number of ether oxygens (including phenoxy) is 2. The van der Waals surface area contributed by atoms with Crippen molar-refractivity contribution >= 4 is 39.1 Å². The van der Waals surface area contributed by atoms with Gasteiger partial charge in [0.2, 0.25) is 5.95 Å². The van der Waals surface area contributed by atoms with Gasteiger partial charge in [-0.2, -0.15) is 4.98 Å². The van der Waals surface area contributed by atoms with Crippen LogP contribution in [0.4, 0.5) is 23.1 Å². The molecule has 1 aliphatic rings. The molecule has 1 aliphatic heterocycles. The zero-order valence-electron chi connectivity index (χ0n) is 13.9. The summed E-state index contributed by atoms with van der Waals surface area (Å²) in [6.45, 7) is 1.39. The second-order valence-corrected chi connectivity index (χ2v) is 6.65. The van der Waals surface area contributed by atoms with E-state index in [2.05, 4.69) is 36.5 Å². The molecule has 0 amide bonds. The molecule has 0 radical (unpaired) electrons. The minimum Gasteiger partial charge on any atom is -0.491 e. The molecule has 4 rings (SSSR count). The van der Waals surface area contributed by atoms with Gasteiger partial charge in [-0.15, -0.1) is 0 Å². The second kappa shape index (κ2) is 7.72. The van der Waals surface area contributed by atoms with E-state index in [-0.39, 0.29) is 6.10 Å². The zero-order valence-corrected chi connectivity index (χ0v) is 15.4. The Hall–Kier alpha value is -2.64. The summed E-state index contributed by atoms with van der Waals surface area (Å²) in [6, 6.07) is 17.5. The SMILES string of the molecule is Brc1cnc(Nc2ccc(OCC3CO3)cc2)nc1Nc1ccccc1. The Kier molecular flexibility index (Phi) is 4.99. The molecule has 2 aromatic carbocycles. The summed E-state index contributed by atoms with van der Waals surface area (Å²) in [4.78, 5) is 8.83. The standard InChI is InChI=1S/C19H17BrN4O2/c20-17-10-21-19(24-18(17)22-13-4-2-1-3-5-13)23-14-6-8-15(9-7-14)25-11-16-12-26-16/h1-10,16H,11-12H2,(H2,21,22,23,24). The number of epoxide rings is 1. The van der Waals surface area contributed by atoms with E-state index in [1.54, 1.807) is 6.20 Å². The molecule has 0 aliphatic carbocycles. The summed E-state index contributed by atoms with van der Waals surface area (Å²) in [7, 11) is 0. The first-order chi connectivity index (χ1) is 12.8. The van der Waals surface area contributed by atoms with Gasteiger partial charge in [0.15, 0.2) is 0 Å². The van der Waals surface area contributed by atoms with Crippen LogP contribution >= 0.6 is 15.9 Å². The fraction of sp³-hybridized carbons (Fsp3) is 0.158. The lowest BCUT2D eigenvalue weighted by atomic mass is 10.3. The fourth-order valence-electron chi connectivity index (χ4n) is 2.29. The highest BCUT2D eigenvalue weighted by Gasteiger charge is 2.22. The number of nitrogens with one attached hydrogen (secondary N) is 2. The van der Waals surface area contributed by atoms with Gasteiger partial charge < -0.3 is 20.1 Å². The number of para-hydroxylation sites is 1. The van der Waals surface area contributed by atoms with Crippen LogP contribution in [-0.2, 0) is 4.74 Å². The number of nitrogens with zero attached hydrogens (tertiary/aromatic N) is 2. The molecule has 1 unspecified atom stereocenters. The molecule has 1 saturated heterocycles. The van der Waals surface area contributed by atoms with Crippen molar-refractivity contribution in [3.05, 3.63) is 65.3 Å². The third-order valence-corrected chi connectivity index (χ3v) is 4.31. The second-order valence-electron chi connectivity index (χ2n) is 5.80. The summed E-state index contributed by atoms with van der Waals surface area (Å²) >= 11 is 3.47. The van der Waals surface area contributed by atoms with Crippen LogP contribution in [0.25, 0.3) is 0 Å². The van der Waals surface area contributed by atoms with E-state index in [0.29, 0.717) is 18.4 Å². The summed E-state index contributed by atoms with van der Waals surface area (Å²) in [5, 5.41) is 6.47. The van der Waals surface area contributed by atoms with Crippen molar-refractivity contribution in [1.82, 2.24) is 9.97 Å². The van der Waals surface area contributed by atoms with E-state index in [1.807, 2.05) is 54.6 Å². The highest BCUT2D eigenvalue weighted by atomic mass is 79.9. The van der Waals surface area contributed by atoms with Crippen molar-refractivity contribution in [2.24, 2.45) is 0 Å². The zero-order chi connectivity index (χ0) is 17.8. The maximum Gasteiger partial charge on any atom is 0.229 e. The summed E-state index contributed by atoms with van der Waals surface area (Å²) < 4.78 is 11.6. The number of aromatic nitrogens is 2. The predicted octanol–water partition coefficient (Wildman–Crippen LogP) is 4.50. The molecule has 1 aromatic heterocycles. The highest BCUT2D eigenvalue weighted by molar-refractivity contribution is 9.10. The van der Waals surface area contributed by atoms with Gasteiger partial charge in [0, 0.05) is 17.6 Å². The highest BCUT2D eigenvalue weighted by Crippen LogP contribution is 2.26. The van der Waals surface area contributed by atoms with E-state index in [1.165, 1.54) is 0 Å². The van der Waals surface area contributed by atoms with Crippen LogP contribution in [0.3, 0.4) is 0 Å². The lowest BCUT2D eigenvalue weighted by Crippen LogP contribution is -2.04. The Labute approximate surface area is 159 Å². The minimum absolute atomic E-state index is 0.250. The van der Waals surface area contributed by atoms with Crippen LogP contribution in [0.1, 0.15) is 0 Å². The first-order valence-electron chi connectivity index (χ1n) is 8.22. The van der Waals surface area contributed by atoms with Gasteiger partial charge in [-0.25, -0.2) is 4.98 Å². The van der Waals surface area contributed by atoms with E-state index in [9.17, 15) is 0 Å². The number of rotatable bonds is 7. The number of anilines is 4. The van der Waals surface area contributed by atoms with Crippen molar-refractivity contribution in [2.45, 2.75) is 6.10 Å². The normalized spacial score (nSPS) is 15.3. The largest absolute Gasteiger partial charge is 0.491 e. The van der Waals surface area contributed by atoms with Gasteiger partial charge in [-0.1, -0.05) is 18.2 Å². The summed E-state index contributed by atoms with van der Waals surface area (Å²) in [6.07, 6.45) is 1.97. The molecule has 2 heterocycles. The molecular formula is C19H17BrN4O2. The molecule has 7 heteroatoms. The maximum absolute atomic E-state index is 5.64. The van der Waals surface area contributed by atoms with Gasteiger partial charge in [0.1, 0.15) is 24.3 Å². The molecule has 132 valence electrons. The molecule has 0 bridgehead atoms. The molecule has 26 heavy (non-hydrogen) atoms. The molecule has 6 nitrogen and oxygen atoms in total. The number of hydrogen-bond acceptors (Lipinski definition) is 6. The van der Waals surface area contributed by atoms with Gasteiger partial charge >= 0.3 is 0 Å². The molecular weight excluding hydrogens is 396 g/mol. The van der Waals surface area contributed by atoms with Gasteiger partial charge in [-0.05, 0) is 52.3 Å². The van der Waals surface area contributed by atoms with E-state index in [0.717, 1.165) is 28.2 Å². The average molecular weight is 413 g/mol. The monoisotopic (exact) mass is 412 g/mol. The molecule has 2 N–H and O–H groups in total. The van der Waals surface area contributed by atoms with E-state index in [4.69, 9.17) is 9.47 Å². The van der Waals surface area contributed by atoms with Crippen molar-refractivity contribution in [1.29, 1.82) is 0 Å². The van der Waals surface area contributed by atoms with Gasteiger partial charge in [-0.3, -0.25) is 0 Å². The Balaban J connectivity index is 1.43. The van der Waals surface area contributed by atoms with E-state index >= 15 is 0 Å². The van der Waals surface area contributed by atoms with E-state index < -0.39 is 0 Å². The van der Waals surface area contributed by atoms with Crippen LogP contribution in [0, 0.1) is 0 Å². The number of benzene rings is 2. The first kappa shape index (κ1) is 16.8. The third kappa shape index (κ3) is 4.50. The van der Waals surface area contributed by atoms with Gasteiger partial charge in [0.05, 0.1) is 11.1 Å². The fourth-order valence-corrected chi connectivity index (χ4v) is 2.58. The average Bonchev–Trinajstić information content (AvgIpc) is 3.49. The van der Waals surface area contributed by atoms with Crippen molar-refractivity contribution in [3.8, 4) is 5.75 Å². The van der Waals surface area contributed by atoms with Gasteiger partial charge in [0.25, 0.3) is 0 Å². The van der Waals surface area contributed by atoms with Crippen LogP contribution < -0.4 is 15.4 Å². The number of hydrogen-bond donors (Lipinski definition) is 2. The topological polar surface area (TPSA) is 71.6 Å². The Morgan fingerprint density at radius 1 is 1.04 bits per heavy atom. The minimum atomic E-state index is 0.250.